The van der Waals surface area contributed by atoms with Gasteiger partial charge in [-0.3, -0.25) is 9.69 Å². The zero-order chi connectivity index (χ0) is 17.1. The molecule has 5 nitrogen and oxygen atoms in total. The van der Waals surface area contributed by atoms with E-state index in [1.807, 2.05) is 0 Å². The number of hydrogen-bond acceptors (Lipinski definition) is 4. The molecule has 2 fully saturated rings. The number of rotatable bonds is 4. The van der Waals surface area contributed by atoms with E-state index in [1.54, 1.807) is 6.07 Å². The molecule has 3 atom stereocenters. The summed E-state index contributed by atoms with van der Waals surface area (Å²) < 4.78 is 13.1. The number of piperidine rings is 1. The van der Waals surface area contributed by atoms with Crippen LogP contribution in [-0.2, 0) is 11.3 Å². The van der Waals surface area contributed by atoms with Crippen molar-refractivity contribution >= 4 is 17.5 Å². The van der Waals surface area contributed by atoms with E-state index in [-0.39, 0.29) is 23.8 Å². The van der Waals surface area contributed by atoms with Crippen molar-refractivity contribution in [2.24, 2.45) is 0 Å². The van der Waals surface area contributed by atoms with Gasteiger partial charge in [0.15, 0.2) is 0 Å². The van der Waals surface area contributed by atoms with Gasteiger partial charge in [0.05, 0.1) is 12.1 Å². The Labute approximate surface area is 146 Å². The Balaban J connectivity index is 1.53. The largest absolute Gasteiger partial charge is 0.392 e. The highest BCUT2D eigenvalue weighted by Crippen LogP contribution is 2.21. The van der Waals surface area contributed by atoms with Crippen LogP contribution in [0, 0.1) is 5.82 Å². The van der Waals surface area contributed by atoms with Crippen molar-refractivity contribution < 1.29 is 14.3 Å². The van der Waals surface area contributed by atoms with E-state index in [9.17, 15) is 14.3 Å². The molecule has 24 heavy (non-hydrogen) atoms. The lowest BCUT2D eigenvalue weighted by Crippen LogP contribution is -2.51. The molecule has 7 heteroatoms. The van der Waals surface area contributed by atoms with E-state index < -0.39 is 6.10 Å². The van der Waals surface area contributed by atoms with Gasteiger partial charge in [0.2, 0.25) is 5.91 Å². The summed E-state index contributed by atoms with van der Waals surface area (Å²) in [4.78, 5) is 14.5. The van der Waals surface area contributed by atoms with Crippen LogP contribution in [0.2, 0.25) is 5.02 Å². The number of aliphatic hydroxyl groups excluding tert-OH is 1. The minimum atomic E-state index is -0.441. The maximum Gasteiger partial charge on any atom is 0.237 e. The molecule has 0 unspecified atom stereocenters. The predicted molar refractivity (Wildman–Crippen MR) is 90.3 cm³/mol. The van der Waals surface area contributed by atoms with Crippen molar-refractivity contribution in [1.82, 2.24) is 15.5 Å². The zero-order valence-corrected chi connectivity index (χ0v) is 14.2. The maximum absolute atomic E-state index is 13.1. The van der Waals surface area contributed by atoms with Crippen molar-refractivity contribution in [2.45, 2.75) is 44.0 Å². The highest BCUT2D eigenvalue weighted by Gasteiger charge is 2.30. The zero-order valence-electron chi connectivity index (χ0n) is 13.5. The number of carbonyl (C=O) groups excluding carboxylic acids is 1. The molecular weight excluding hydrogens is 333 g/mol. The number of likely N-dealkylation sites (tertiary alicyclic amines) is 1. The molecule has 0 radical (unpaired) electrons. The number of β-amino-alcohol motifs (C(OH)–C–C–N with tert-alkyl or cyclic N) is 1. The van der Waals surface area contributed by atoms with Crippen LogP contribution >= 0.6 is 11.6 Å². The molecule has 2 aliphatic rings. The van der Waals surface area contributed by atoms with Crippen molar-refractivity contribution in [2.75, 3.05) is 19.6 Å². The van der Waals surface area contributed by atoms with Crippen LogP contribution in [0.15, 0.2) is 18.2 Å². The average Bonchev–Trinajstić information content (AvgIpc) is 2.97. The Kier molecular flexibility index (Phi) is 5.71. The summed E-state index contributed by atoms with van der Waals surface area (Å²) in [5, 5.41) is 16.1. The minimum absolute atomic E-state index is 0.0433. The Morgan fingerprint density at radius 2 is 2.33 bits per heavy atom. The first-order valence-electron chi connectivity index (χ1n) is 8.39. The summed E-state index contributed by atoms with van der Waals surface area (Å²) in [5.74, 6) is -0.378. The van der Waals surface area contributed by atoms with Crippen LogP contribution in [0.25, 0.3) is 0 Å². The van der Waals surface area contributed by atoms with Gasteiger partial charge in [-0.15, -0.1) is 0 Å². The van der Waals surface area contributed by atoms with Gasteiger partial charge in [0, 0.05) is 30.7 Å². The van der Waals surface area contributed by atoms with Gasteiger partial charge >= 0.3 is 0 Å². The van der Waals surface area contributed by atoms with Crippen LogP contribution in [0.4, 0.5) is 4.39 Å². The third kappa shape index (κ3) is 4.45. The molecule has 0 spiro atoms. The summed E-state index contributed by atoms with van der Waals surface area (Å²) in [5.41, 5.74) is 0.894. The fraction of sp³-hybridized carbons (Fsp3) is 0.588. The molecular formula is C17H23ClFN3O2. The highest BCUT2D eigenvalue weighted by molar-refractivity contribution is 6.31. The number of halogens is 2. The van der Waals surface area contributed by atoms with E-state index in [1.165, 1.54) is 12.1 Å². The molecule has 2 saturated heterocycles. The molecule has 3 rings (SSSR count). The lowest BCUT2D eigenvalue weighted by Gasteiger charge is -2.33. The molecule has 0 aliphatic carbocycles. The Morgan fingerprint density at radius 3 is 3.04 bits per heavy atom. The number of aliphatic hydroxyl groups is 1. The van der Waals surface area contributed by atoms with E-state index >= 15 is 0 Å². The summed E-state index contributed by atoms with van der Waals surface area (Å²) in [6.45, 7) is 2.79. The smallest absolute Gasteiger partial charge is 0.237 e. The van der Waals surface area contributed by atoms with Gasteiger partial charge in [-0.05, 0) is 43.5 Å². The molecule has 1 aromatic carbocycles. The number of carbonyl (C=O) groups is 1. The molecule has 2 heterocycles. The normalized spacial score (nSPS) is 28.0. The van der Waals surface area contributed by atoms with Crippen LogP contribution < -0.4 is 10.6 Å². The van der Waals surface area contributed by atoms with Gasteiger partial charge in [0.25, 0.3) is 0 Å². The molecule has 2 aliphatic heterocycles. The van der Waals surface area contributed by atoms with E-state index in [4.69, 9.17) is 11.6 Å². The molecule has 132 valence electrons. The van der Waals surface area contributed by atoms with E-state index in [2.05, 4.69) is 15.5 Å². The van der Waals surface area contributed by atoms with E-state index in [0.29, 0.717) is 24.5 Å². The van der Waals surface area contributed by atoms with Crippen LogP contribution in [0.5, 0.6) is 0 Å². The fourth-order valence-electron chi connectivity index (χ4n) is 3.43. The number of nitrogens with zero attached hydrogens (tertiary/aromatic N) is 1. The number of benzene rings is 1. The Morgan fingerprint density at radius 1 is 1.50 bits per heavy atom. The van der Waals surface area contributed by atoms with Gasteiger partial charge in [0.1, 0.15) is 5.82 Å². The van der Waals surface area contributed by atoms with E-state index in [0.717, 1.165) is 31.5 Å². The van der Waals surface area contributed by atoms with Crippen molar-refractivity contribution in [3.63, 3.8) is 0 Å². The monoisotopic (exact) mass is 355 g/mol. The predicted octanol–water partition coefficient (Wildman–Crippen LogP) is 1.28. The summed E-state index contributed by atoms with van der Waals surface area (Å²) in [7, 11) is 0. The standard InChI is InChI=1S/C17H23ClFN3O2/c18-15-6-12(19)4-3-11(15)9-22-5-1-2-13(10-22)21-17(24)16-7-14(23)8-20-16/h3-4,6,13-14,16,20,23H,1-2,5,7-10H2,(H,21,24)/t13-,14+,16+/m1/s1. The minimum Gasteiger partial charge on any atom is -0.392 e. The van der Waals surface area contributed by atoms with Crippen molar-refractivity contribution in [3.8, 4) is 0 Å². The van der Waals surface area contributed by atoms with Crippen LogP contribution in [0.1, 0.15) is 24.8 Å². The molecule has 1 aromatic rings. The highest BCUT2D eigenvalue weighted by atomic mass is 35.5. The lowest BCUT2D eigenvalue weighted by molar-refractivity contribution is -0.124. The summed E-state index contributed by atoms with van der Waals surface area (Å²) in [6.07, 6.45) is 1.95. The first kappa shape index (κ1) is 17.6. The first-order chi connectivity index (χ1) is 11.5. The van der Waals surface area contributed by atoms with Gasteiger partial charge in [-0.25, -0.2) is 4.39 Å². The topological polar surface area (TPSA) is 64.6 Å². The summed E-state index contributed by atoms with van der Waals surface area (Å²) in [6, 6.07) is 4.24. The fourth-order valence-corrected chi connectivity index (χ4v) is 3.65. The summed E-state index contributed by atoms with van der Waals surface area (Å²) >= 11 is 6.10. The number of hydrogen-bond donors (Lipinski definition) is 3. The van der Waals surface area contributed by atoms with Crippen molar-refractivity contribution in [1.29, 1.82) is 0 Å². The molecule has 1 amide bonds. The van der Waals surface area contributed by atoms with Gasteiger partial charge in [-0.2, -0.15) is 0 Å². The quantitative estimate of drug-likeness (QED) is 0.761. The molecule has 3 N–H and O–H groups in total. The van der Waals surface area contributed by atoms with Crippen molar-refractivity contribution in [3.05, 3.63) is 34.6 Å². The van der Waals surface area contributed by atoms with Gasteiger partial charge < -0.3 is 15.7 Å². The third-order valence-corrected chi connectivity index (χ3v) is 5.04. The Hall–Kier alpha value is -1.21. The second kappa shape index (κ2) is 7.78. The van der Waals surface area contributed by atoms with Gasteiger partial charge in [-0.1, -0.05) is 17.7 Å². The molecule has 0 saturated carbocycles. The molecule has 0 bridgehead atoms. The van der Waals surface area contributed by atoms with Crippen LogP contribution in [-0.4, -0.2) is 53.7 Å². The third-order valence-electron chi connectivity index (χ3n) is 4.69. The number of nitrogens with one attached hydrogen (secondary N) is 2. The maximum atomic E-state index is 13.1. The molecule has 0 aromatic heterocycles. The lowest BCUT2D eigenvalue weighted by atomic mass is 10.0. The second-order valence-electron chi connectivity index (χ2n) is 6.67. The average molecular weight is 356 g/mol. The van der Waals surface area contributed by atoms with Crippen LogP contribution in [0.3, 0.4) is 0 Å². The SMILES string of the molecule is O=C(N[C@@H]1CCCN(Cc2ccc(F)cc2Cl)C1)[C@@H]1C[C@H](O)CN1. The number of amides is 1. The Bertz CT molecular complexity index is 601. The first-order valence-corrected chi connectivity index (χ1v) is 8.77. The second-order valence-corrected chi connectivity index (χ2v) is 7.08.